The molecule has 0 aliphatic carbocycles. The van der Waals surface area contributed by atoms with Crippen molar-refractivity contribution in [2.45, 2.75) is 24.0 Å². The van der Waals surface area contributed by atoms with Crippen molar-refractivity contribution >= 4 is 27.3 Å². The highest BCUT2D eigenvalue weighted by Crippen LogP contribution is 2.28. The van der Waals surface area contributed by atoms with Crippen LogP contribution in [0.3, 0.4) is 0 Å². The van der Waals surface area contributed by atoms with Gasteiger partial charge in [-0.25, -0.2) is 8.42 Å². The molecule has 8 heteroatoms. The van der Waals surface area contributed by atoms with Crippen LogP contribution >= 0.6 is 11.3 Å². The summed E-state index contributed by atoms with van der Waals surface area (Å²) in [7, 11) is -3.56. The van der Waals surface area contributed by atoms with E-state index in [2.05, 4.69) is 0 Å². The number of piperidine rings is 1. The Hall–Kier alpha value is -1.43. The van der Waals surface area contributed by atoms with Crippen LogP contribution in [-0.4, -0.2) is 38.4 Å². The Labute approximate surface area is 128 Å². The number of nitriles is 1. The molecule has 1 aliphatic heterocycles. The second kappa shape index (κ2) is 6.56. The number of ether oxygens (including phenoxy) is 1. The molecule has 0 spiro atoms. The minimum absolute atomic E-state index is 0.175. The smallest absolute Gasteiger partial charge is 0.309 e. The number of carbonyl (C=O) groups is 1. The largest absolute Gasteiger partial charge is 0.466 e. The average Bonchev–Trinajstić information content (AvgIpc) is 2.97. The molecular formula is C13H16N2O4S2. The zero-order chi connectivity index (χ0) is 15.5. The maximum Gasteiger partial charge on any atom is 0.309 e. The van der Waals surface area contributed by atoms with Crippen LogP contribution in [0.1, 0.15) is 24.6 Å². The molecule has 1 fully saturated rings. The van der Waals surface area contributed by atoms with E-state index < -0.39 is 10.0 Å². The Morgan fingerprint density at radius 1 is 1.48 bits per heavy atom. The summed E-state index contributed by atoms with van der Waals surface area (Å²) in [4.78, 5) is 12.0. The first-order chi connectivity index (χ1) is 9.98. The van der Waals surface area contributed by atoms with E-state index >= 15 is 0 Å². The SMILES string of the molecule is CCOC(=O)C1CCN(S(=O)(=O)c2ccc(C#N)s2)CC1. The first kappa shape index (κ1) is 15.9. The van der Waals surface area contributed by atoms with Crippen molar-refractivity contribution in [3.8, 4) is 6.07 Å². The van der Waals surface area contributed by atoms with Crippen LogP contribution in [0.5, 0.6) is 0 Å². The third kappa shape index (κ3) is 3.43. The molecule has 0 bridgehead atoms. The number of hydrogen-bond acceptors (Lipinski definition) is 6. The van der Waals surface area contributed by atoms with Gasteiger partial charge in [-0.05, 0) is 31.9 Å². The second-order valence-electron chi connectivity index (χ2n) is 4.66. The predicted octanol–water partition coefficient (Wildman–Crippen LogP) is 1.58. The fraction of sp³-hybridized carbons (Fsp3) is 0.538. The molecule has 1 aliphatic rings. The van der Waals surface area contributed by atoms with Crippen LogP contribution in [-0.2, 0) is 19.6 Å². The van der Waals surface area contributed by atoms with Crippen LogP contribution in [0.4, 0.5) is 0 Å². The molecule has 0 amide bonds. The molecule has 2 heterocycles. The summed E-state index contributed by atoms with van der Waals surface area (Å²) in [5.41, 5.74) is 0. The molecule has 114 valence electrons. The van der Waals surface area contributed by atoms with Crippen molar-refractivity contribution < 1.29 is 17.9 Å². The van der Waals surface area contributed by atoms with Gasteiger partial charge in [-0.3, -0.25) is 4.79 Å². The summed E-state index contributed by atoms with van der Waals surface area (Å²) in [5.74, 6) is -0.480. The summed E-state index contributed by atoms with van der Waals surface area (Å²) in [6, 6.07) is 4.89. The third-order valence-electron chi connectivity index (χ3n) is 3.36. The quantitative estimate of drug-likeness (QED) is 0.783. The second-order valence-corrected chi connectivity index (χ2v) is 7.91. The molecule has 1 saturated heterocycles. The van der Waals surface area contributed by atoms with Gasteiger partial charge in [-0.1, -0.05) is 0 Å². The summed E-state index contributed by atoms with van der Waals surface area (Å²) in [6.07, 6.45) is 0.934. The van der Waals surface area contributed by atoms with Crippen molar-refractivity contribution in [2.24, 2.45) is 5.92 Å². The highest BCUT2D eigenvalue weighted by atomic mass is 32.2. The molecule has 1 aromatic rings. The van der Waals surface area contributed by atoms with Crippen molar-refractivity contribution in [3.05, 3.63) is 17.0 Å². The van der Waals surface area contributed by atoms with Gasteiger partial charge in [0.15, 0.2) is 0 Å². The van der Waals surface area contributed by atoms with Crippen molar-refractivity contribution in [3.63, 3.8) is 0 Å². The highest BCUT2D eigenvalue weighted by Gasteiger charge is 2.33. The normalized spacial score (nSPS) is 17.3. The first-order valence-electron chi connectivity index (χ1n) is 6.65. The number of rotatable bonds is 4. The van der Waals surface area contributed by atoms with E-state index in [1.807, 2.05) is 6.07 Å². The fourth-order valence-corrected chi connectivity index (χ4v) is 4.97. The number of thiophene rings is 1. The number of sulfonamides is 1. The van der Waals surface area contributed by atoms with E-state index in [9.17, 15) is 13.2 Å². The van der Waals surface area contributed by atoms with Crippen molar-refractivity contribution in [2.75, 3.05) is 19.7 Å². The molecule has 0 atom stereocenters. The van der Waals surface area contributed by atoms with Crippen LogP contribution in [0.15, 0.2) is 16.3 Å². The molecule has 6 nitrogen and oxygen atoms in total. The Bertz CT molecular complexity index is 652. The van der Waals surface area contributed by atoms with Crippen LogP contribution in [0.25, 0.3) is 0 Å². The fourth-order valence-electron chi connectivity index (χ4n) is 2.24. The summed E-state index contributed by atoms with van der Waals surface area (Å²) in [5, 5.41) is 8.77. The summed E-state index contributed by atoms with van der Waals surface area (Å²) < 4.78 is 31.4. The van der Waals surface area contributed by atoms with Gasteiger partial charge >= 0.3 is 5.97 Å². The zero-order valence-corrected chi connectivity index (χ0v) is 13.2. The number of esters is 1. The minimum Gasteiger partial charge on any atom is -0.466 e. The molecule has 0 radical (unpaired) electrons. The monoisotopic (exact) mass is 328 g/mol. The molecule has 1 aromatic heterocycles. The van der Waals surface area contributed by atoms with Crippen LogP contribution in [0.2, 0.25) is 0 Å². The lowest BCUT2D eigenvalue weighted by atomic mass is 9.98. The molecule has 2 rings (SSSR count). The Balaban J connectivity index is 2.04. The van der Waals surface area contributed by atoms with Crippen molar-refractivity contribution in [1.29, 1.82) is 5.26 Å². The average molecular weight is 328 g/mol. The maximum atomic E-state index is 12.4. The van der Waals surface area contributed by atoms with Gasteiger partial charge in [-0.2, -0.15) is 9.57 Å². The van der Waals surface area contributed by atoms with Gasteiger partial charge in [0.05, 0.1) is 12.5 Å². The lowest BCUT2D eigenvalue weighted by Crippen LogP contribution is -2.40. The van der Waals surface area contributed by atoms with Crippen LogP contribution < -0.4 is 0 Å². The van der Waals surface area contributed by atoms with Gasteiger partial charge in [-0.15, -0.1) is 11.3 Å². The Morgan fingerprint density at radius 3 is 2.67 bits per heavy atom. The topological polar surface area (TPSA) is 87.5 Å². The van der Waals surface area contributed by atoms with Gasteiger partial charge in [0.1, 0.15) is 15.2 Å². The van der Waals surface area contributed by atoms with E-state index in [1.165, 1.54) is 16.4 Å². The van der Waals surface area contributed by atoms with Crippen LogP contribution in [0, 0.1) is 17.2 Å². The summed E-state index contributed by atoms with van der Waals surface area (Å²) >= 11 is 0.966. The molecule has 0 unspecified atom stereocenters. The van der Waals surface area contributed by atoms with Gasteiger partial charge < -0.3 is 4.74 Å². The molecule has 0 N–H and O–H groups in total. The van der Waals surface area contributed by atoms with E-state index in [0.29, 0.717) is 37.4 Å². The van der Waals surface area contributed by atoms with E-state index in [1.54, 1.807) is 6.92 Å². The van der Waals surface area contributed by atoms with Gasteiger partial charge in [0, 0.05) is 13.1 Å². The highest BCUT2D eigenvalue weighted by molar-refractivity contribution is 7.91. The molecule has 0 aromatic carbocycles. The van der Waals surface area contributed by atoms with Gasteiger partial charge in [0.2, 0.25) is 0 Å². The van der Waals surface area contributed by atoms with E-state index in [-0.39, 0.29) is 16.1 Å². The van der Waals surface area contributed by atoms with Crippen molar-refractivity contribution in [1.82, 2.24) is 4.31 Å². The van der Waals surface area contributed by atoms with E-state index in [4.69, 9.17) is 10.00 Å². The van der Waals surface area contributed by atoms with Gasteiger partial charge in [0.25, 0.3) is 10.0 Å². The Morgan fingerprint density at radius 2 is 2.14 bits per heavy atom. The third-order valence-corrected chi connectivity index (χ3v) is 6.72. The Kier molecular flexibility index (Phi) is 4.98. The molecule has 21 heavy (non-hydrogen) atoms. The number of carbonyl (C=O) groups excluding carboxylic acids is 1. The predicted molar refractivity (Wildman–Crippen MR) is 77.1 cm³/mol. The standard InChI is InChI=1S/C13H16N2O4S2/c1-2-19-13(16)10-5-7-15(8-6-10)21(17,18)12-4-3-11(9-14)20-12/h3-4,10H,2,5-8H2,1H3. The lowest BCUT2D eigenvalue weighted by Gasteiger charge is -2.29. The zero-order valence-electron chi connectivity index (χ0n) is 11.6. The number of nitrogens with zero attached hydrogens (tertiary/aromatic N) is 2. The van der Waals surface area contributed by atoms with E-state index in [0.717, 1.165) is 11.3 Å². The molecular weight excluding hydrogens is 312 g/mol. The summed E-state index contributed by atoms with van der Waals surface area (Å²) in [6.45, 7) is 2.68. The molecule has 0 saturated carbocycles. The maximum absolute atomic E-state index is 12.4. The number of hydrogen-bond donors (Lipinski definition) is 0. The first-order valence-corrected chi connectivity index (χ1v) is 8.91. The minimum atomic E-state index is -3.56. The lowest BCUT2D eigenvalue weighted by molar-refractivity contribution is -0.149.